The zero-order chi connectivity index (χ0) is 21.8. The van der Waals surface area contributed by atoms with Gasteiger partial charge >= 0.3 is 0 Å². The van der Waals surface area contributed by atoms with Gasteiger partial charge in [-0.05, 0) is 81.1 Å². The number of quaternary nitrogens is 1. The van der Waals surface area contributed by atoms with Crippen molar-refractivity contribution in [1.29, 1.82) is 0 Å². The molecule has 3 N–H and O–H groups in total. The van der Waals surface area contributed by atoms with Crippen LogP contribution in [0.4, 0.5) is 0 Å². The second-order valence-electron chi connectivity index (χ2n) is 10.6. The SMILES string of the molecule is CC[NH+](CC)Cc1ccccc1CNC(=O)CNC(=O)CC12CC3CC(CC(C3)C1)C2. The summed E-state index contributed by atoms with van der Waals surface area (Å²) in [4.78, 5) is 26.6. The zero-order valence-corrected chi connectivity index (χ0v) is 19.3. The number of carbonyl (C=O) groups is 2. The van der Waals surface area contributed by atoms with Crippen LogP contribution in [0.15, 0.2) is 24.3 Å². The van der Waals surface area contributed by atoms with Crippen molar-refractivity contribution in [2.45, 2.75) is 71.9 Å². The van der Waals surface area contributed by atoms with Crippen LogP contribution in [0, 0.1) is 23.2 Å². The van der Waals surface area contributed by atoms with Crippen LogP contribution < -0.4 is 15.5 Å². The predicted molar refractivity (Wildman–Crippen MR) is 122 cm³/mol. The number of rotatable bonds is 10. The molecule has 0 saturated heterocycles. The Bertz CT molecular complexity index is 751. The van der Waals surface area contributed by atoms with Crippen LogP contribution >= 0.6 is 0 Å². The van der Waals surface area contributed by atoms with Gasteiger partial charge in [0, 0.05) is 18.5 Å². The Morgan fingerprint density at radius 2 is 1.48 bits per heavy atom. The van der Waals surface area contributed by atoms with Crippen molar-refractivity contribution in [1.82, 2.24) is 10.6 Å². The molecule has 1 aromatic rings. The summed E-state index contributed by atoms with van der Waals surface area (Å²) < 4.78 is 0. The zero-order valence-electron chi connectivity index (χ0n) is 19.3. The minimum absolute atomic E-state index is 0.0580. The maximum atomic E-state index is 12.7. The molecule has 0 radical (unpaired) electrons. The van der Waals surface area contributed by atoms with Gasteiger partial charge in [0.05, 0.1) is 19.6 Å². The second kappa shape index (κ2) is 9.72. The Morgan fingerprint density at radius 3 is 2.06 bits per heavy atom. The van der Waals surface area contributed by atoms with Gasteiger partial charge < -0.3 is 15.5 Å². The molecule has 0 unspecified atom stereocenters. The number of carbonyl (C=O) groups excluding carboxylic acids is 2. The number of amides is 2. The van der Waals surface area contributed by atoms with E-state index >= 15 is 0 Å². The summed E-state index contributed by atoms with van der Waals surface area (Å²) in [7, 11) is 0. The minimum Gasteiger partial charge on any atom is -0.350 e. The molecule has 0 aromatic heterocycles. The van der Waals surface area contributed by atoms with Crippen LogP contribution in [0.2, 0.25) is 0 Å². The van der Waals surface area contributed by atoms with E-state index in [-0.39, 0.29) is 23.8 Å². The Balaban J connectivity index is 1.23. The molecular weight excluding hydrogens is 386 g/mol. The first-order valence-corrected chi connectivity index (χ1v) is 12.4. The maximum Gasteiger partial charge on any atom is 0.239 e. The van der Waals surface area contributed by atoms with Gasteiger partial charge in [-0.1, -0.05) is 24.3 Å². The summed E-state index contributed by atoms with van der Waals surface area (Å²) in [5.41, 5.74) is 2.67. The molecule has 5 rings (SSSR count). The van der Waals surface area contributed by atoms with Gasteiger partial charge in [0.25, 0.3) is 0 Å². The largest absolute Gasteiger partial charge is 0.350 e. The van der Waals surface area contributed by atoms with Crippen molar-refractivity contribution in [3.05, 3.63) is 35.4 Å². The lowest BCUT2D eigenvalue weighted by molar-refractivity contribution is -0.910. The van der Waals surface area contributed by atoms with E-state index in [4.69, 9.17) is 0 Å². The lowest BCUT2D eigenvalue weighted by Gasteiger charge is -2.56. The van der Waals surface area contributed by atoms with Crippen LogP contribution in [0.5, 0.6) is 0 Å². The molecule has 31 heavy (non-hydrogen) atoms. The summed E-state index contributed by atoms with van der Waals surface area (Å²) in [5, 5.41) is 5.90. The number of hydrogen-bond acceptors (Lipinski definition) is 2. The third kappa shape index (κ3) is 5.49. The predicted octanol–water partition coefficient (Wildman–Crippen LogP) is 2.45. The van der Waals surface area contributed by atoms with Crippen molar-refractivity contribution >= 4 is 11.8 Å². The highest BCUT2D eigenvalue weighted by atomic mass is 16.2. The lowest BCUT2D eigenvalue weighted by Crippen LogP contribution is -3.10. The Morgan fingerprint density at radius 1 is 0.903 bits per heavy atom. The smallest absolute Gasteiger partial charge is 0.239 e. The number of nitrogens with one attached hydrogen (secondary N) is 3. The molecule has 2 amide bonds. The summed E-state index contributed by atoms with van der Waals surface area (Å²) in [6, 6.07) is 8.33. The lowest BCUT2D eigenvalue weighted by atomic mass is 9.49. The van der Waals surface area contributed by atoms with E-state index < -0.39 is 0 Å². The molecule has 0 aliphatic heterocycles. The third-order valence-corrected chi connectivity index (χ3v) is 8.18. The molecule has 1 aromatic carbocycles. The highest BCUT2D eigenvalue weighted by molar-refractivity contribution is 5.85. The van der Waals surface area contributed by atoms with Crippen LogP contribution in [0.1, 0.15) is 69.9 Å². The van der Waals surface area contributed by atoms with Crippen molar-refractivity contribution in [3.63, 3.8) is 0 Å². The van der Waals surface area contributed by atoms with Crippen molar-refractivity contribution in [2.75, 3.05) is 19.6 Å². The molecular formula is C26H40N3O2+. The standard InChI is InChI=1S/C26H39N3O2/c1-3-29(4-2)18-23-8-6-5-7-22(23)16-27-25(31)17-28-24(30)15-26-12-19-9-20(13-26)11-21(10-19)14-26/h5-8,19-21H,3-4,9-18H2,1-2H3,(H,27,31)(H,28,30)/p+1. The van der Waals surface area contributed by atoms with Gasteiger partial charge in [0.2, 0.25) is 11.8 Å². The quantitative estimate of drug-likeness (QED) is 0.538. The third-order valence-electron chi connectivity index (χ3n) is 8.18. The topological polar surface area (TPSA) is 62.6 Å². The Labute approximate surface area is 187 Å². The van der Waals surface area contributed by atoms with Gasteiger partial charge in [0.15, 0.2) is 0 Å². The fourth-order valence-corrected chi connectivity index (χ4v) is 7.02. The monoisotopic (exact) mass is 426 g/mol. The van der Waals surface area contributed by atoms with Crippen molar-refractivity contribution in [3.8, 4) is 0 Å². The van der Waals surface area contributed by atoms with Crippen LogP contribution in [-0.4, -0.2) is 31.4 Å². The number of hydrogen-bond donors (Lipinski definition) is 3. The maximum absolute atomic E-state index is 12.7. The highest BCUT2D eigenvalue weighted by Gasteiger charge is 2.51. The van der Waals surface area contributed by atoms with Crippen molar-refractivity contribution in [2.24, 2.45) is 23.2 Å². The normalized spacial score (nSPS) is 28.7. The molecule has 5 heteroatoms. The van der Waals surface area contributed by atoms with E-state index in [1.54, 1.807) is 0 Å². The van der Waals surface area contributed by atoms with Crippen LogP contribution in [-0.2, 0) is 22.7 Å². The van der Waals surface area contributed by atoms with E-state index in [1.807, 2.05) is 6.07 Å². The van der Waals surface area contributed by atoms with E-state index in [2.05, 4.69) is 42.7 Å². The first-order chi connectivity index (χ1) is 15.0. The Hall–Kier alpha value is -1.88. The summed E-state index contributed by atoms with van der Waals surface area (Å²) in [6.07, 6.45) is 8.46. The second-order valence-corrected chi connectivity index (χ2v) is 10.6. The molecule has 170 valence electrons. The fraction of sp³-hybridized carbons (Fsp3) is 0.692. The summed E-state index contributed by atoms with van der Waals surface area (Å²) in [6.45, 7) is 8.15. The molecule has 4 fully saturated rings. The molecule has 4 aliphatic rings. The summed E-state index contributed by atoms with van der Waals surface area (Å²) in [5.74, 6) is 2.49. The van der Waals surface area contributed by atoms with Gasteiger partial charge in [-0.3, -0.25) is 9.59 Å². The molecule has 4 aliphatic carbocycles. The van der Waals surface area contributed by atoms with Crippen LogP contribution in [0.25, 0.3) is 0 Å². The van der Waals surface area contributed by atoms with Crippen LogP contribution in [0.3, 0.4) is 0 Å². The van der Waals surface area contributed by atoms with E-state index in [1.165, 1.54) is 49.0 Å². The molecule has 0 heterocycles. The summed E-state index contributed by atoms with van der Waals surface area (Å²) >= 11 is 0. The van der Waals surface area contributed by atoms with Crippen molar-refractivity contribution < 1.29 is 14.5 Å². The van der Waals surface area contributed by atoms with E-state index in [9.17, 15) is 9.59 Å². The van der Waals surface area contributed by atoms with E-state index in [0.717, 1.165) is 43.0 Å². The fourth-order valence-electron chi connectivity index (χ4n) is 7.02. The molecule has 5 nitrogen and oxygen atoms in total. The highest BCUT2D eigenvalue weighted by Crippen LogP contribution is 2.61. The first kappa shape index (κ1) is 22.3. The van der Waals surface area contributed by atoms with Gasteiger partial charge in [-0.15, -0.1) is 0 Å². The molecule has 4 bridgehead atoms. The molecule has 4 saturated carbocycles. The minimum atomic E-state index is -0.108. The number of benzene rings is 1. The van der Waals surface area contributed by atoms with Gasteiger partial charge in [-0.2, -0.15) is 0 Å². The van der Waals surface area contributed by atoms with Gasteiger partial charge in [0.1, 0.15) is 6.54 Å². The average Bonchev–Trinajstić information content (AvgIpc) is 2.74. The molecule has 0 spiro atoms. The first-order valence-electron chi connectivity index (χ1n) is 12.4. The van der Waals surface area contributed by atoms with E-state index in [0.29, 0.717) is 13.0 Å². The van der Waals surface area contributed by atoms with Gasteiger partial charge in [-0.25, -0.2) is 0 Å². The Kier molecular flexibility index (Phi) is 7.00. The average molecular weight is 427 g/mol. The molecule has 0 atom stereocenters.